The van der Waals surface area contributed by atoms with Gasteiger partial charge >= 0.3 is 0 Å². The number of pyridine rings is 1. The molecule has 3 rings (SSSR count). The topological polar surface area (TPSA) is 24.9 Å². The van der Waals surface area contributed by atoms with Gasteiger partial charge in [0, 0.05) is 16.6 Å². The summed E-state index contributed by atoms with van der Waals surface area (Å²) in [5.41, 5.74) is 4.61. The summed E-state index contributed by atoms with van der Waals surface area (Å²) >= 11 is 6.16. The molecule has 3 heteroatoms. The molecule has 106 valence electrons. The van der Waals surface area contributed by atoms with Gasteiger partial charge < -0.3 is 5.32 Å². The monoisotopic (exact) mass is 296 g/mol. The highest BCUT2D eigenvalue weighted by Gasteiger charge is 2.15. The molecule has 0 aliphatic carbocycles. The van der Waals surface area contributed by atoms with Crippen LogP contribution in [0.2, 0.25) is 5.02 Å². The standard InChI is InChI=1S/C18H17ClN2/c1-12-5-8-15(19)11-16(12)18(20-2)14-7-6-13-4-3-9-21-17(13)10-14/h3-11,18,20H,1-2H3. The third-order valence-electron chi connectivity index (χ3n) is 3.80. The Hall–Kier alpha value is -1.90. The number of fused-ring (bicyclic) bond motifs is 1. The van der Waals surface area contributed by atoms with E-state index < -0.39 is 0 Å². The van der Waals surface area contributed by atoms with Crippen LogP contribution in [0.25, 0.3) is 10.9 Å². The summed E-state index contributed by atoms with van der Waals surface area (Å²) < 4.78 is 0. The van der Waals surface area contributed by atoms with E-state index in [4.69, 9.17) is 11.6 Å². The Morgan fingerprint density at radius 1 is 1.10 bits per heavy atom. The van der Waals surface area contributed by atoms with E-state index in [1.54, 1.807) is 0 Å². The highest BCUT2D eigenvalue weighted by atomic mass is 35.5. The molecule has 0 spiro atoms. The fourth-order valence-electron chi connectivity index (χ4n) is 2.69. The summed E-state index contributed by atoms with van der Waals surface area (Å²) in [6, 6.07) is 16.5. The highest BCUT2D eigenvalue weighted by Crippen LogP contribution is 2.28. The molecule has 0 radical (unpaired) electrons. The predicted octanol–water partition coefficient (Wildman–Crippen LogP) is 4.51. The molecule has 1 aromatic heterocycles. The molecule has 0 saturated carbocycles. The molecule has 1 atom stereocenters. The lowest BCUT2D eigenvalue weighted by molar-refractivity contribution is 0.688. The van der Waals surface area contributed by atoms with Gasteiger partial charge in [0.1, 0.15) is 0 Å². The van der Waals surface area contributed by atoms with Crippen molar-refractivity contribution in [2.45, 2.75) is 13.0 Å². The third-order valence-corrected chi connectivity index (χ3v) is 4.04. The van der Waals surface area contributed by atoms with Crippen molar-refractivity contribution in [1.29, 1.82) is 0 Å². The second-order valence-corrected chi connectivity index (χ2v) is 5.61. The van der Waals surface area contributed by atoms with Gasteiger partial charge in [0.25, 0.3) is 0 Å². The van der Waals surface area contributed by atoms with Crippen molar-refractivity contribution < 1.29 is 0 Å². The van der Waals surface area contributed by atoms with E-state index in [9.17, 15) is 0 Å². The zero-order valence-electron chi connectivity index (χ0n) is 12.1. The first-order valence-corrected chi connectivity index (χ1v) is 7.35. The van der Waals surface area contributed by atoms with Crippen molar-refractivity contribution in [3.05, 3.63) is 76.4 Å². The van der Waals surface area contributed by atoms with E-state index in [1.807, 2.05) is 31.4 Å². The largest absolute Gasteiger partial charge is 0.309 e. The quantitative estimate of drug-likeness (QED) is 0.769. The smallest absolute Gasteiger partial charge is 0.0705 e. The number of hydrogen-bond acceptors (Lipinski definition) is 2. The zero-order valence-corrected chi connectivity index (χ0v) is 12.9. The number of benzene rings is 2. The number of aromatic nitrogens is 1. The molecule has 1 heterocycles. The lowest BCUT2D eigenvalue weighted by atomic mass is 9.94. The van der Waals surface area contributed by atoms with E-state index in [-0.39, 0.29) is 6.04 Å². The molecule has 0 aliphatic heterocycles. The van der Waals surface area contributed by atoms with Gasteiger partial charge in [-0.25, -0.2) is 0 Å². The van der Waals surface area contributed by atoms with Gasteiger partial charge in [-0.1, -0.05) is 35.9 Å². The zero-order chi connectivity index (χ0) is 14.8. The summed E-state index contributed by atoms with van der Waals surface area (Å²) in [4.78, 5) is 4.44. The first-order chi connectivity index (χ1) is 10.2. The molecule has 3 aromatic rings. The number of nitrogens with one attached hydrogen (secondary N) is 1. The van der Waals surface area contributed by atoms with Gasteiger partial charge in [-0.3, -0.25) is 4.98 Å². The van der Waals surface area contributed by atoms with E-state index in [0.29, 0.717) is 0 Å². The van der Waals surface area contributed by atoms with Gasteiger partial charge in [-0.05, 0) is 54.9 Å². The Kier molecular flexibility index (Phi) is 3.91. The number of nitrogens with zero attached hydrogens (tertiary/aromatic N) is 1. The SMILES string of the molecule is CNC(c1ccc2cccnc2c1)c1cc(Cl)ccc1C. The maximum Gasteiger partial charge on any atom is 0.0705 e. The Morgan fingerprint density at radius 2 is 1.95 bits per heavy atom. The van der Waals surface area contributed by atoms with Crippen molar-refractivity contribution in [3.63, 3.8) is 0 Å². The van der Waals surface area contributed by atoms with Gasteiger partial charge in [-0.15, -0.1) is 0 Å². The van der Waals surface area contributed by atoms with Crippen LogP contribution in [0, 0.1) is 6.92 Å². The molecule has 21 heavy (non-hydrogen) atoms. The van der Waals surface area contributed by atoms with Gasteiger partial charge in [0.15, 0.2) is 0 Å². The maximum absolute atomic E-state index is 6.16. The normalized spacial score (nSPS) is 12.5. The van der Waals surface area contributed by atoms with Crippen LogP contribution in [0.4, 0.5) is 0 Å². The van der Waals surface area contributed by atoms with Crippen LogP contribution in [0.1, 0.15) is 22.7 Å². The molecule has 0 fully saturated rings. The van der Waals surface area contributed by atoms with Crippen LogP contribution in [0.3, 0.4) is 0 Å². The van der Waals surface area contributed by atoms with Crippen LogP contribution in [0.15, 0.2) is 54.7 Å². The second-order valence-electron chi connectivity index (χ2n) is 5.18. The Balaban J connectivity index is 2.11. The number of aryl methyl sites for hydroxylation is 1. The highest BCUT2D eigenvalue weighted by molar-refractivity contribution is 6.30. The minimum atomic E-state index is 0.107. The molecule has 1 N–H and O–H groups in total. The average molecular weight is 297 g/mol. The summed E-state index contributed by atoms with van der Waals surface area (Å²) in [5, 5.41) is 5.29. The predicted molar refractivity (Wildman–Crippen MR) is 88.8 cm³/mol. The Morgan fingerprint density at radius 3 is 2.76 bits per heavy atom. The van der Waals surface area contributed by atoms with Crippen molar-refractivity contribution in [2.24, 2.45) is 0 Å². The van der Waals surface area contributed by atoms with E-state index in [0.717, 1.165) is 15.9 Å². The van der Waals surface area contributed by atoms with E-state index in [2.05, 4.69) is 47.6 Å². The average Bonchev–Trinajstić information content (AvgIpc) is 2.51. The van der Waals surface area contributed by atoms with Crippen LogP contribution in [-0.4, -0.2) is 12.0 Å². The molecule has 2 aromatic carbocycles. The third kappa shape index (κ3) is 2.78. The van der Waals surface area contributed by atoms with Gasteiger partial charge in [0.05, 0.1) is 11.6 Å². The second kappa shape index (κ2) is 5.84. The minimum absolute atomic E-state index is 0.107. The maximum atomic E-state index is 6.16. The fourth-order valence-corrected chi connectivity index (χ4v) is 2.87. The fraction of sp³-hybridized carbons (Fsp3) is 0.167. The molecule has 0 bridgehead atoms. The van der Waals surface area contributed by atoms with E-state index >= 15 is 0 Å². The molecule has 0 amide bonds. The van der Waals surface area contributed by atoms with Crippen molar-refractivity contribution in [3.8, 4) is 0 Å². The lowest BCUT2D eigenvalue weighted by Crippen LogP contribution is -2.18. The first kappa shape index (κ1) is 14.1. The van der Waals surface area contributed by atoms with Crippen LogP contribution >= 0.6 is 11.6 Å². The molecular formula is C18H17ClN2. The summed E-state index contributed by atoms with van der Waals surface area (Å²) in [6.45, 7) is 2.11. The van der Waals surface area contributed by atoms with Crippen molar-refractivity contribution in [1.82, 2.24) is 10.3 Å². The summed E-state index contributed by atoms with van der Waals surface area (Å²) in [7, 11) is 1.97. The van der Waals surface area contributed by atoms with E-state index in [1.165, 1.54) is 16.7 Å². The van der Waals surface area contributed by atoms with Crippen molar-refractivity contribution in [2.75, 3.05) is 7.05 Å². The van der Waals surface area contributed by atoms with Crippen LogP contribution < -0.4 is 5.32 Å². The molecular weight excluding hydrogens is 280 g/mol. The summed E-state index contributed by atoms with van der Waals surface area (Å²) in [5.74, 6) is 0. The van der Waals surface area contributed by atoms with Crippen LogP contribution in [0.5, 0.6) is 0 Å². The number of rotatable bonds is 3. The lowest BCUT2D eigenvalue weighted by Gasteiger charge is -2.20. The van der Waals surface area contributed by atoms with Gasteiger partial charge in [0.2, 0.25) is 0 Å². The van der Waals surface area contributed by atoms with Crippen LogP contribution in [-0.2, 0) is 0 Å². The first-order valence-electron chi connectivity index (χ1n) is 6.97. The molecule has 0 saturated heterocycles. The Labute approximate surface area is 129 Å². The number of hydrogen-bond donors (Lipinski definition) is 1. The molecule has 1 unspecified atom stereocenters. The van der Waals surface area contributed by atoms with Gasteiger partial charge in [-0.2, -0.15) is 0 Å². The number of halogens is 1. The molecule has 0 aliphatic rings. The van der Waals surface area contributed by atoms with Crippen molar-refractivity contribution >= 4 is 22.5 Å². The minimum Gasteiger partial charge on any atom is -0.309 e. The summed E-state index contributed by atoms with van der Waals surface area (Å²) in [6.07, 6.45) is 1.82. The molecule has 2 nitrogen and oxygen atoms in total. The Bertz CT molecular complexity index is 783.